The molecule has 0 bridgehead atoms. The molecular formula is C38H45N3O2. The van der Waals surface area contributed by atoms with Crippen LogP contribution in [-0.2, 0) is 19.5 Å². The number of carbonyl (C=O) groups excluding carboxylic acids is 1. The number of aryl methyl sites for hydroxylation is 1. The number of hydrogen-bond donors (Lipinski definition) is 1. The molecule has 5 rings (SSSR count). The van der Waals surface area contributed by atoms with E-state index < -0.39 is 0 Å². The normalized spacial score (nSPS) is 13.9. The number of nitrogens with zero attached hydrogens (tertiary/aromatic N) is 2. The quantitative estimate of drug-likeness (QED) is 0.184. The third kappa shape index (κ3) is 8.95. The van der Waals surface area contributed by atoms with Crippen LogP contribution in [0.2, 0.25) is 0 Å². The molecule has 43 heavy (non-hydrogen) atoms. The van der Waals surface area contributed by atoms with Crippen molar-refractivity contribution in [3.05, 3.63) is 120 Å². The smallest absolute Gasteiger partial charge is 0.322 e. The molecule has 0 radical (unpaired) electrons. The number of ether oxygens (including phenoxy) is 1. The molecule has 2 amide bonds. The van der Waals surface area contributed by atoms with E-state index in [1.807, 2.05) is 35.2 Å². The number of likely N-dealkylation sites (tertiary alicyclic amines) is 1. The molecule has 0 atom stereocenters. The first-order valence-corrected chi connectivity index (χ1v) is 15.7. The molecule has 1 aliphatic heterocycles. The predicted octanol–water partition coefficient (Wildman–Crippen LogP) is 8.65. The molecule has 5 heteroatoms. The molecule has 0 aliphatic carbocycles. The van der Waals surface area contributed by atoms with E-state index in [0.717, 1.165) is 62.4 Å². The molecule has 1 fully saturated rings. The molecule has 0 spiro atoms. The van der Waals surface area contributed by atoms with Crippen molar-refractivity contribution in [3.8, 4) is 16.9 Å². The zero-order valence-electron chi connectivity index (χ0n) is 25.7. The lowest BCUT2D eigenvalue weighted by atomic mass is 9.95. The van der Waals surface area contributed by atoms with Gasteiger partial charge in [-0.15, -0.1) is 0 Å². The van der Waals surface area contributed by atoms with Gasteiger partial charge in [0.05, 0.1) is 7.11 Å². The fourth-order valence-corrected chi connectivity index (χ4v) is 5.84. The molecule has 1 heterocycles. The first-order chi connectivity index (χ1) is 21.1. The number of rotatable bonds is 12. The van der Waals surface area contributed by atoms with E-state index in [0.29, 0.717) is 12.5 Å². The summed E-state index contributed by atoms with van der Waals surface area (Å²) in [7, 11) is 1.70. The lowest BCUT2D eigenvalue weighted by Gasteiger charge is -2.35. The van der Waals surface area contributed by atoms with Crippen molar-refractivity contribution in [3.63, 3.8) is 0 Å². The van der Waals surface area contributed by atoms with Gasteiger partial charge >= 0.3 is 6.03 Å². The Kier molecular flexibility index (Phi) is 10.9. The SMILES string of the molecule is CCCCc1ccc(NC(=O)N(Cc2ccc(-c3ccccc3)cc2)CC2CCN(Cc3ccc(OC)cc3)CC2)cc1. The highest BCUT2D eigenvalue weighted by molar-refractivity contribution is 5.89. The number of anilines is 1. The third-order valence-electron chi connectivity index (χ3n) is 8.50. The lowest BCUT2D eigenvalue weighted by Crippen LogP contribution is -2.42. The van der Waals surface area contributed by atoms with Crippen LogP contribution in [0.25, 0.3) is 11.1 Å². The molecule has 1 N–H and O–H groups in total. The van der Waals surface area contributed by atoms with Crippen LogP contribution >= 0.6 is 0 Å². The van der Waals surface area contributed by atoms with Crippen LogP contribution in [0.15, 0.2) is 103 Å². The average molecular weight is 576 g/mol. The first-order valence-electron chi connectivity index (χ1n) is 15.7. The van der Waals surface area contributed by atoms with E-state index in [1.165, 1.54) is 35.1 Å². The van der Waals surface area contributed by atoms with Crippen LogP contribution in [0.5, 0.6) is 5.75 Å². The summed E-state index contributed by atoms with van der Waals surface area (Å²) in [6.45, 7) is 6.57. The number of hydrogen-bond acceptors (Lipinski definition) is 3. The molecule has 4 aromatic carbocycles. The third-order valence-corrected chi connectivity index (χ3v) is 8.50. The second-order valence-corrected chi connectivity index (χ2v) is 11.7. The van der Waals surface area contributed by atoms with Crippen LogP contribution in [0.3, 0.4) is 0 Å². The summed E-state index contributed by atoms with van der Waals surface area (Å²) in [5.74, 6) is 1.36. The molecule has 1 saturated heterocycles. The summed E-state index contributed by atoms with van der Waals surface area (Å²) >= 11 is 0. The highest BCUT2D eigenvalue weighted by Crippen LogP contribution is 2.24. The van der Waals surface area contributed by atoms with E-state index >= 15 is 0 Å². The predicted molar refractivity (Wildman–Crippen MR) is 177 cm³/mol. The maximum absolute atomic E-state index is 13.7. The number of benzene rings is 4. The van der Waals surface area contributed by atoms with Gasteiger partial charge in [-0.1, -0.05) is 92.2 Å². The highest BCUT2D eigenvalue weighted by Gasteiger charge is 2.24. The van der Waals surface area contributed by atoms with Crippen molar-refractivity contribution in [2.24, 2.45) is 5.92 Å². The van der Waals surface area contributed by atoms with Gasteiger partial charge in [0, 0.05) is 25.3 Å². The van der Waals surface area contributed by atoms with Gasteiger partial charge in [0.25, 0.3) is 0 Å². The number of methoxy groups -OCH3 is 1. The minimum Gasteiger partial charge on any atom is -0.497 e. The minimum atomic E-state index is -0.0332. The molecule has 224 valence electrons. The minimum absolute atomic E-state index is 0.0332. The molecular weight excluding hydrogens is 530 g/mol. The van der Waals surface area contributed by atoms with Crippen LogP contribution in [0.4, 0.5) is 10.5 Å². The number of nitrogens with one attached hydrogen (secondary N) is 1. The maximum Gasteiger partial charge on any atom is 0.322 e. The molecule has 0 aromatic heterocycles. The summed E-state index contributed by atoms with van der Waals surface area (Å²) < 4.78 is 5.30. The summed E-state index contributed by atoms with van der Waals surface area (Å²) in [6, 6.07) is 35.7. The Labute approximate surface area is 257 Å². The largest absolute Gasteiger partial charge is 0.497 e. The zero-order valence-corrected chi connectivity index (χ0v) is 25.7. The Morgan fingerprint density at radius 2 is 1.44 bits per heavy atom. The van der Waals surface area contributed by atoms with Crippen molar-refractivity contribution in [1.29, 1.82) is 0 Å². The molecule has 0 saturated carbocycles. The molecule has 1 aliphatic rings. The summed E-state index contributed by atoms with van der Waals surface area (Å²) in [6.07, 6.45) is 5.60. The van der Waals surface area contributed by atoms with E-state index in [9.17, 15) is 4.79 Å². The second-order valence-electron chi connectivity index (χ2n) is 11.7. The van der Waals surface area contributed by atoms with Gasteiger partial charge in [0.2, 0.25) is 0 Å². The van der Waals surface area contributed by atoms with Crippen molar-refractivity contribution >= 4 is 11.7 Å². The number of carbonyl (C=O) groups is 1. The van der Waals surface area contributed by atoms with E-state index in [1.54, 1.807) is 7.11 Å². The van der Waals surface area contributed by atoms with Gasteiger partial charge in [-0.3, -0.25) is 4.90 Å². The van der Waals surface area contributed by atoms with Gasteiger partial charge in [0.15, 0.2) is 0 Å². The summed E-state index contributed by atoms with van der Waals surface area (Å²) in [5, 5.41) is 3.19. The van der Waals surface area contributed by atoms with Gasteiger partial charge in [0.1, 0.15) is 5.75 Å². The molecule has 0 unspecified atom stereocenters. The Balaban J connectivity index is 1.22. The van der Waals surface area contributed by atoms with Gasteiger partial charge in [-0.25, -0.2) is 4.79 Å². The summed E-state index contributed by atoms with van der Waals surface area (Å²) in [5.41, 5.74) is 7.00. The Hall–Kier alpha value is -4.09. The Bertz CT molecular complexity index is 1390. The number of piperidine rings is 1. The fourth-order valence-electron chi connectivity index (χ4n) is 5.84. The van der Waals surface area contributed by atoms with Gasteiger partial charge < -0.3 is 15.0 Å². The second kappa shape index (κ2) is 15.4. The number of urea groups is 1. The van der Waals surface area contributed by atoms with Crippen molar-refractivity contribution in [2.75, 3.05) is 32.1 Å². The van der Waals surface area contributed by atoms with Crippen LogP contribution in [-0.4, -0.2) is 42.6 Å². The highest BCUT2D eigenvalue weighted by atomic mass is 16.5. The van der Waals surface area contributed by atoms with E-state index in [-0.39, 0.29) is 6.03 Å². The number of unbranched alkanes of at least 4 members (excludes halogenated alkanes) is 1. The average Bonchev–Trinajstić information content (AvgIpc) is 3.06. The van der Waals surface area contributed by atoms with E-state index in [2.05, 4.69) is 89.9 Å². The van der Waals surface area contributed by atoms with Crippen LogP contribution in [0.1, 0.15) is 49.3 Å². The van der Waals surface area contributed by atoms with Gasteiger partial charge in [-0.05, 0) is 96.8 Å². The topological polar surface area (TPSA) is 44.8 Å². The van der Waals surface area contributed by atoms with Crippen molar-refractivity contribution in [1.82, 2.24) is 9.80 Å². The van der Waals surface area contributed by atoms with Crippen molar-refractivity contribution in [2.45, 2.75) is 52.1 Å². The zero-order chi connectivity index (χ0) is 29.9. The monoisotopic (exact) mass is 575 g/mol. The van der Waals surface area contributed by atoms with E-state index in [4.69, 9.17) is 4.74 Å². The maximum atomic E-state index is 13.7. The molecule has 5 nitrogen and oxygen atoms in total. The fraction of sp³-hybridized carbons (Fsp3) is 0.342. The first kappa shape index (κ1) is 30.4. The summed E-state index contributed by atoms with van der Waals surface area (Å²) in [4.78, 5) is 18.2. The number of amides is 2. The Morgan fingerprint density at radius 3 is 2.09 bits per heavy atom. The van der Waals surface area contributed by atoms with Crippen LogP contribution < -0.4 is 10.1 Å². The lowest BCUT2D eigenvalue weighted by molar-refractivity contribution is 0.144. The standard InChI is InChI=1S/C38H45N3O2/c1-3-4-8-30-13-19-36(20-14-30)39-38(42)41(28-32-11-17-35(18-12-32)34-9-6-5-7-10-34)29-33-23-25-40(26-24-33)27-31-15-21-37(43-2)22-16-31/h5-7,9-22,33H,3-4,8,23-29H2,1-2H3,(H,39,42). The Morgan fingerprint density at radius 1 is 0.814 bits per heavy atom. The van der Waals surface area contributed by atoms with Crippen LogP contribution in [0, 0.1) is 5.92 Å². The molecule has 4 aromatic rings. The van der Waals surface area contributed by atoms with Gasteiger partial charge in [-0.2, -0.15) is 0 Å². The van der Waals surface area contributed by atoms with Crippen molar-refractivity contribution < 1.29 is 9.53 Å².